The summed E-state index contributed by atoms with van der Waals surface area (Å²) in [6.07, 6.45) is 0. The Kier molecular flexibility index (Phi) is 5.90. The largest absolute Gasteiger partial charge is 0.0622 e. The van der Waals surface area contributed by atoms with E-state index < -0.39 is 0 Å². The van der Waals surface area contributed by atoms with E-state index in [2.05, 4.69) is 148 Å². The molecule has 0 spiro atoms. The van der Waals surface area contributed by atoms with E-state index in [4.69, 9.17) is 0 Å². The summed E-state index contributed by atoms with van der Waals surface area (Å²) in [4.78, 5) is 0. The standard InChI is InChI=1S/C34H30/c1-34(2,3)33-19-11-18-29(24-33)32-22-30(26-14-8-5-9-15-26)21-31(23-32)28-17-10-16-27(20-28)25-12-6-4-7-13-25/h4-24H,1-3H3. The van der Waals surface area contributed by atoms with Crippen LogP contribution in [0, 0.1) is 0 Å². The van der Waals surface area contributed by atoms with Gasteiger partial charge in [-0.2, -0.15) is 0 Å². The molecule has 0 amide bonds. The van der Waals surface area contributed by atoms with Gasteiger partial charge in [-0.3, -0.25) is 0 Å². The van der Waals surface area contributed by atoms with Gasteiger partial charge in [0.25, 0.3) is 0 Å². The fourth-order valence-corrected chi connectivity index (χ4v) is 4.43. The number of benzene rings is 5. The first-order chi connectivity index (χ1) is 16.5. The van der Waals surface area contributed by atoms with Gasteiger partial charge in [0.2, 0.25) is 0 Å². The van der Waals surface area contributed by atoms with Crippen molar-refractivity contribution in [2.45, 2.75) is 26.2 Å². The molecule has 5 aromatic rings. The predicted octanol–water partition coefficient (Wildman–Crippen LogP) is 9.65. The second kappa shape index (κ2) is 9.15. The van der Waals surface area contributed by atoms with E-state index in [-0.39, 0.29) is 5.41 Å². The second-order valence-electron chi connectivity index (χ2n) is 9.94. The fourth-order valence-electron chi connectivity index (χ4n) is 4.43. The maximum Gasteiger partial charge on any atom is -0.0132 e. The Morgan fingerprint density at radius 2 is 0.676 bits per heavy atom. The van der Waals surface area contributed by atoms with Crippen LogP contribution >= 0.6 is 0 Å². The number of rotatable bonds is 4. The lowest BCUT2D eigenvalue weighted by molar-refractivity contribution is 0.590. The molecule has 0 fully saturated rings. The summed E-state index contributed by atoms with van der Waals surface area (Å²) in [6.45, 7) is 6.81. The summed E-state index contributed by atoms with van der Waals surface area (Å²) in [5.74, 6) is 0. The molecule has 34 heavy (non-hydrogen) atoms. The summed E-state index contributed by atoms with van der Waals surface area (Å²) >= 11 is 0. The SMILES string of the molecule is CC(C)(C)c1cccc(-c2cc(-c3ccccc3)cc(-c3cccc(-c4ccccc4)c3)c2)c1. The maximum absolute atomic E-state index is 2.34. The first-order valence-electron chi connectivity index (χ1n) is 11.9. The van der Waals surface area contributed by atoms with Crippen LogP contribution in [0.5, 0.6) is 0 Å². The summed E-state index contributed by atoms with van der Waals surface area (Å²) in [6, 6.07) is 46.1. The van der Waals surface area contributed by atoms with Crippen LogP contribution in [0.2, 0.25) is 0 Å². The van der Waals surface area contributed by atoms with Gasteiger partial charge in [-0.25, -0.2) is 0 Å². The molecule has 5 rings (SSSR count). The highest BCUT2D eigenvalue weighted by molar-refractivity contribution is 5.83. The second-order valence-corrected chi connectivity index (χ2v) is 9.94. The topological polar surface area (TPSA) is 0 Å². The van der Waals surface area contributed by atoms with E-state index >= 15 is 0 Å². The van der Waals surface area contributed by atoms with Gasteiger partial charge in [-0.1, -0.05) is 124 Å². The molecule has 0 heterocycles. The molecule has 0 unspecified atom stereocenters. The van der Waals surface area contributed by atoms with Crippen molar-refractivity contribution >= 4 is 0 Å². The molecule has 0 bridgehead atoms. The Morgan fingerprint density at radius 1 is 0.324 bits per heavy atom. The average molecular weight is 439 g/mol. The van der Waals surface area contributed by atoms with Crippen molar-refractivity contribution in [3.63, 3.8) is 0 Å². The lowest BCUT2D eigenvalue weighted by Crippen LogP contribution is -2.10. The Labute approximate surface area is 203 Å². The van der Waals surface area contributed by atoms with Gasteiger partial charge in [0, 0.05) is 0 Å². The molecule has 0 aromatic heterocycles. The van der Waals surface area contributed by atoms with Crippen LogP contribution in [0.25, 0.3) is 44.5 Å². The van der Waals surface area contributed by atoms with E-state index in [1.807, 2.05) is 0 Å². The van der Waals surface area contributed by atoms with Crippen molar-refractivity contribution in [1.82, 2.24) is 0 Å². The third-order valence-electron chi connectivity index (χ3n) is 6.41. The quantitative estimate of drug-likeness (QED) is 0.262. The lowest BCUT2D eigenvalue weighted by Gasteiger charge is -2.20. The summed E-state index contributed by atoms with van der Waals surface area (Å²) in [5.41, 5.74) is 11.4. The molecular formula is C34H30. The maximum atomic E-state index is 2.34. The van der Waals surface area contributed by atoms with Crippen molar-refractivity contribution < 1.29 is 0 Å². The Morgan fingerprint density at radius 3 is 1.21 bits per heavy atom. The van der Waals surface area contributed by atoms with Gasteiger partial charge in [0.15, 0.2) is 0 Å². The van der Waals surface area contributed by atoms with Gasteiger partial charge in [0.1, 0.15) is 0 Å². The van der Waals surface area contributed by atoms with Crippen LogP contribution in [0.4, 0.5) is 0 Å². The van der Waals surface area contributed by atoms with Crippen molar-refractivity contribution in [2.75, 3.05) is 0 Å². The minimum absolute atomic E-state index is 0.111. The highest BCUT2D eigenvalue weighted by Gasteiger charge is 2.15. The fraction of sp³-hybridized carbons (Fsp3) is 0.118. The summed E-state index contributed by atoms with van der Waals surface area (Å²) in [5, 5.41) is 0. The van der Waals surface area contributed by atoms with Gasteiger partial charge >= 0.3 is 0 Å². The van der Waals surface area contributed by atoms with Crippen LogP contribution in [-0.4, -0.2) is 0 Å². The van der Waals surface area contributed by atoms with Crippen LogP contribution in [0.1, 0.15) is 26.3 Å². The molecule has 0 heteroatoms. The van der Waals surface area contributed by atoms with Gasteiger partial charge in [-0.05, 0) is 79.8 Å². The summed E-state index contributed by atoms with van der Waals surface area (Å²) < 4.78 is 0. The monoisotopic (exact) mass is 438 g/mol. The lowest BCUT2D eigenvalue weighted by atomic mass is 9.85. The third kappa shape index (κ3) is 4.72. The first kappa shape index (κ1) is 21.9. The van der Waals surface area contributed by atoms with Gasteiger partial charge in [-0.15, -0.1) is 0 Å². The van der Waals surface area contributed by atoms with Crippen molar-refractivity contribution in [1.29, 1.82) is 0 Å². The van der Waals surface area contributed by atoms with E-state index in [9.17, 15) is 0 Å². The van der Waals surface area contributed by atoms with E-state index in [0.717, 1.165) is 0 Å². The van der Waals surface area contributed by atoms with Crippen LogP contribution in [-0.2, 0) is 5.41 Å². The molecule has 0 aliphatic carbocycles. The zero-order valence-electron chi connectivity index (χ0n) is 20.1. The molecule has 0 aliphatic rings. The Hall–Kier alpha value is -3.90. The summed E-state index contributed by atoms with van der Waals surface area (Å²) in [7, 11) is 0. The van der Waals surface area contributed by atoms with E-state index in [1.165, 1.54) is 50.1 Å². The molecule has 0 atom stereocenters. The molecular weight excluding hydrogens is 408 g/mol. The van der Waals surface area contributed by atoms with E-state index in [1.54, 1.807) is 0 Å². The Bertz CT molecular complexity index is 1400. The normalized spacial score (nSPS) is 11.4. The molecule has 0 aliphatic heterocycles. The van der Waals surface area contributed by atoms with Gasteiger partial charge < -0.3 is 0 Å². The van der Waals surface area contributed by atoms with Gasteiger partial charge in [0.05, 0.1) is 0 Å². The average Bonchev–Trinajstić information content (AvgIpc) is 2.89. The minimum Gasteiger partial charge on any atom is -0.0622 e. The third-order valence-corrected chi connectivity index (χ3v) is 6.41. The smallest absolute Gasteiger partial charge is 0.0132 e. The highest BCUT2D eigenvalue weighted by Crippen LogP contribution is 2.35. The van der Waals surface area contributed by atoms with Crippen molar-refractivity contribution in [2.24, 2.45) is 0 Å². The van der Waals surface area contributed by atoms with E-state index in [0.29, 0.717) is 0 Å². The molecule has 0 nitrogen and oxygen atoms in total. The molecule has 0 radical (unpaired) electrons. The Balaban J connectivity index is 1.67. The predicted molar refractivity (Wildman–Crippen MR) is 147 cm³/mol. The van der Waals surface area contributed by atoms with Crippen LogP contribution < -0.4 is 0 Å². The number of hydrogen-bond donors (Lipinski definition) is 0. The zero-order chi connectivity index (χ0) is 23.5. The van der Waals surface area contributed by atoms with Crippen LogP contribution in [0.15, 0.2) is 127 Å². The van der Waals surface area contributed by atoms with Crippen molar-refractivity contribution in [3.8, 4) is 44.5 Å². The molecule has 5 aromatic carbocycles. The highest BCUT2D eigenvalue weighted by atomic mass is 14.2. The molecule has 0 saturated carbocycles. The molecule has 0 N–H and O–H groups in total. The van der Waals surface area contributed by atoms with Crippen molar-refractivity contribution in [3.05, 3.63) is 133 Å². The number of hydrogen-bond acceptors (Lipinski definition) is 0. The zero-order valence-corrected chi connectivity index (χ0v) is 20.1. The minimum atomic E-state index is 0.111. The van der Waals surface area contributed by atoms with Crippen LogP contribution in [0.3, 0.4) is 0 Å². The first-order valence-corrected chi connectivity index (χ1v) is 11.9. The molecule has 0 saturated heterocycles. The molecule has 166 valence electrons.